The molecule has 2 heterocycles. The van der Waals surface area contributed by atoms with Gasteiger partial charge >= 0.3 is 0 Å². The fraction of sp³-hybridized carbons (Fsp3) is 0.875. The van der Waals surface area contributed by atoms with Gasteiger partial charge in [-0.05, 0) is 25.8 Å². The summed E-state index contributed by atoms with van der Waals surface area (Å²) in [6.07, 6.45) is 3.82. The molecule has 2 atom stereocenters. The molecule has 2 aliphatic heterocycles. The molecule has 10 heavy (non-hydrogen) atoms. The zero-order chi connectivity index (χ0) is 6.97. The molecule has 0 amide bonds. The molecule has 2 fully saturated rings. The summed E-state index contributed by atoms with van der Waals surface area (Å²) in [6, 6.07) is 3.12. The van der Waals surface area contributed by atoms with Crippen molar-refractivity contribution >= 4 is 0 Å². The first-order valence-corrected chi connectivity index (χ1v) is 4.04. The quantitative estimate of drug-likeness (QED) is 0.496. The Morgan fingerprint density at radius 3 is 3.10 bits per heavy atom. The van der Waals surface area contributed by atoms with E-state index in [1.54, 1.807) is 0 Å². The van der Waals surface area contributed by atoms with Crippen molar-refractivity contribution in [1.82, 2.24) is 4.90 Å². The zero-order valence-electron chi connectivity index (χ0n) is 6.08. The SMILES string of the molecule is N#CC1C[C@@H]2CCCN2C1. The smallest absolute Gasteiger partial charge is 0.0669 e. The van der Waals surface area contributed by atoms with Crippen LogP contribution in [-0.2, 0) is 0 Å². The van der Waals surface area contributed by atoms with Crippen LogP contribution in [0.25, 0.3) is 0 Å². The largest absolute Gasteiger partial charge is 0.299 e. The molecule has 0 aliphatic carbocycles. The summed E-state index contributed by atoms with van der Waals surface area (Å²) >= 11 is 0. The fourth-order valence-corrected chi connectivity index (χ4v) is 2.18. The Balaban J connectivity index is 2.01. The van der Waals surface area contributed by atoms with Crippen LogP contribution in [0.15, 0.2) is 0 Å². The van der Waals surface area contributed by atoms with Gasteiger partial charge in [0.25, 0.3) is 0 Å². The van der Waals surface area contributed by atoms with Crippen LogP contribution in [0, 0.1) is 17.2 Å². The maximum atomic E-state index is 8.64. The van der Waals surface area contributed by atoms with Crippen LogP contribution in [-0.4, -0.2) is 24.0 Å². The molecule has 2 aliphatic rings. The molecule has 0 aromatic rings. The highest BCUT2D eigenvalue weighted by Gasteiger charge is 2.34. The Morgan fingerprint density at radius 1 is 1.50 bits per heavy atom. The molecule has 54 valence electrons. The van der Waals surface area contributed by atoms with Crippen molar-refractivity contribution in [1.29, 1.82) is 5.26 Å². The highest BCUT2D eigenvalue weighted by Crippen LogP contribution is 2.30. The van der Waals surface area contributed by atoms with Crippen LogP contribution >= 0.6 is 0 Å². The maximum absolute atomic E-state index is 8.64. The van der Waals surface area contributed by atoms with Crippen LogP contribution in [0.2, 0.25) is 0 Å². The highest BCUT2D eigenvalue weighted by molar-refractivity contribution is 4.98. The molecular weight excluding hydrogens is 124 g/mol. The van der Waals surface area contributed by atoms with Crippen LogP contribution in [0.4, 0.5) is 0 Å². The van der Waals surface area contributed by atoms with Crippen molar-refractivity contribution < 1.29 is 0 Å². The second-order valence-corrected chi connectivity index (χ2v) is 3.35. The van der Waals surface area contributed by atoms with Crippen molar-refractivity contribution in [3.05, 3.63) is 0 Å². The van der Waals surface area contributed by atoms with Crippen molar-refractivity contribution in [2.24, 2.45) is 5.92 Å². The monoisotopic (exact) mass is 136 g/mol. The molecule has 0 saturated carbocycles. The number of hydrogen-bond acceptors (Lipinski definition) is 2. The van der Waals surface area contributed by atoms with Gasteiger partial charge in [0.15, 0.2) is 0 Å². The van der Waals surface area contributed by atoms with E-state index in [-0.39, 0.29) is 0 Å². The van der Waals surface area contributed by atoms with Gasteiger partial charge in [-0.25, -0.2) is 0 Å². The fourth-order valence-electron chi connectivity index (χ4n) is 2.18. The Morgan fingerprint density at radius 2 is 2.40 bits per heavy atom. The van der Waals surface area contributed by atoms with Gasteiger partial charge in [-0.2, -0.15) is 5.26 Å². The lowest BCUT2D eigenvalue weighted by Crippen LogP contribution is -2.22. The molecule has 2 rings (SSSR count). The summed E-state index contributed by atoms with van der Waals surface area (Å²) < 4.78 is 0. The van der Waals surface area contributed by atoms with Crippen LogP contribution < -0.4 is 0 Å². The van der Waals surface area contributed by atoms with Gasteiger partial charge in [0, 0.05) is 12.6 Å². The first-order chi connectivity index (χ1) is 4.90. The molecule has 0 N–H and O–H groups in total. The third-order valence-electron chi connectivity index (χ3n) is 2.69. The number of nitriles is 1. The van der Waals surface area contributed by atoms with E-state index in [1.165, 1.54) is 19.4 Å². The van der Waals surface area contributed by atoms with Crippen LogP contribution in [0.5, 0.6) is 0 Å². The molecule has 2 heteroatoms. The standard InChI is InChI=1S/C8H12N2/c9-5-7-4-8-2-1-3-10(8)6-7/h7-8H,1-4,6H2/t7?,8-/m0/s1. The Hall–Kier alpha value is -0.550. The predicted molar refractivity (Wildman–Crippen MR) is 38.3 cm³/mol. The first kappa shape index (κ1) is 6.18. The Labute approximate surface area is 61.4 Å². The number of fused-ring (bicyclic) bond motifs is 1. The lowest BCUT2D eigenvalue weighted by atomic mass is 10.1. The minimum atomic E-state index is 0.338. The average molecular weight is 136 g/mol. The molecule has 0 bridgehead atoms. The summed E-state index contributed by atoms with van der Waals surface area (Å²) in [5.41, 5.74) is 0. The van der Waals surface area contributed by atoms with E-state index >= 15 is 0 Å². The van der Waals surface area contributed by atoms with E-state index < -0.39 is 0 Å². The minimum absolute atomic E-state index is 0.338. The molecule has 0 radical (unpaired) electrons. The Kier molecular flexibility index (Phi) is 1.39. The van der Waals surface area contributed by atoms with Crippen molar-refractivity contribution in [2.45, 2.75) is 25.3 Å². The summed E-state index contributed by atoms with van der Waals surface area (Å²) in [6.45, 7) is 2.28. The van der Waals surface area contributed by atoms with E-state index in [9.17, 15) is 0 Å². The normalized spacial score (nSPS) is 39.5. The van der Waals surface area contributed by atoms with Gasteiger partial charge in [-0.1, -0.05) is 0 Å². The topological polar surface area (TPSA) is 27.0 Å². The van der Waals surface area contributed by atoms with Gasteiger partial charge < -0.3 is 0 Å². The molecule has 0 aromatic carbocycles. The second-order valence-electron chi connectivity index (χ2n) is 3.35. The van der Waals surface area contributed by atoms with Crippen molar-refractivity contribution in [3.8, 4) is 6.07 Å². The summed E-state index contributed by atoms with van der Waals surface area (Å²) in [5.74, 6) is 0.338. The summed E-state index contributed by atoms with van der Waals surface area (Å²) in [5, 5.41) is 8.64. The number of rotatable bonds is 0. The van der Waals surface area contributed by atoms with Gasteiger partial charge in [-0.3, -0.25) is 4.90 Å². The summed E-state index contributed by atoms with van der Waals surface area (Å²) in [4.78, 5) is 2.47. The first-order valence-electron chi connectivity index (χ1n) is 4.04. The maximum Gasteiger partial charge on any atom is 0.0669 e. The molecular formula is C8H12N2. The third-order valence-corrected chi connectivity index (χ3v) is 2.69. The zero-order valence-corrected chi connectivity index (χ0v) is 6.08. The van der Waals surface area contributed by atoms with E-state index in [0.29, 0.717) is 5.92 Å². The minimum Gasteiger partial charge on any atom is -0.299 e. The van der Waals surface area contributed by atoms with Crippen LogP contribution in [0.3, 0.4) is 0 Å². The molecule has 0 aromatic heterocycles. The molecule has 0 spiro atoms. The van der Waals surface area contributed by atoms with Gasteiger partial charge in [0.2, 0.25) is 0 Å². The summed E-state index contributed by atoms with van der Waals surface area (Å²) in [7, 11) is 0. The highest BCUT2D eigenvalue weighted by atomic mass is 15.2. The van der Waals surface area contributed by atoms with E-state index in [2.05, 4.69) is 11.0 Å². The molecule has 2 nitrogen and oxygen atoms in total. The lowest BCUT2D eigenvalue weighted by molar-refractivity contribution is 0.322. The van der Waals surface area contributed by atoms with Crippen molar-refractivity contribution in [2.75, 3.05) is 13.1 Å². The lowest BCUT2D eigenvalue weighted by Gasteiger charge is -2.11. The van der Waals surface area contributed by atoms with E-state index in [4.69, 9.17) is 5.26 Å². The average Bonchev–Trinajstić information content (AvgIpc) is 2.42. The van der Waals surface area contributed by atoms with Gasteiger partial charge in [0.05, 0.1) is 12.0 Å². The predicted octanol–water partition coefficient (Wildman–Crippen LogP) is 0.994. The van der Waals surface area contributed by atoms with Gasteiger partial charge in [-0.15, -0.1) is 0 Å². The van der Waals surface area contributed by atoms with Crippen molar-refractivity contribution in [3.63, 3.8) is 0 Å². The Bertz CT molecular complexity index is 159. The number of nitrogens with zero attached hydrogens (tertiary/aromatic N) is 2. The third kappa shape index (κ3) is 0.819. The number of hydrogen-bond donors (Lipinski definition) is 0. The van der Waals surface area contributed by atoms with Gasteiger partial charge in [0.1, 0.15) is 0 Å². The van der Waals surface area contributed by atoms with E-state index in [1.807, 2.05) is 0 Å². The second kappa shape index (κ2) is 2.25. The van der Waals surface area contributed by atoms with Crippen LogP contribution in [0.1, 0.15) is 19.3 Å². The molecule has 1 unspecified atom stereocenters. The van der Waals surface area contributed by atoms with E-state index in [0.717, 1.165) is 19.0 Å². The molecule has 2 saturated heterocycles.